The Kier molecular flexibility index (Phi) is 6.42. The molecular weight excluding hydrogens is 320 g/mol. The van der Waals surface area contributed by atoms with E-state index in [1.54, 1.807) is 30.3 Å². The summed E-state index contributed by atoms with van der Waals surface area (Å²) in [6, 6.07) is 15.8. The molecular formula is C20H16O5. The van der Waals surface area contributed by atoms with Gasteiger partial charge < -0.3 is 9.47 Å². The molecule has 0 unspecified atom stereocenters. The second kappa shape index (κ2) is 8.98. The maximum absolute atomic E-state index is 11.7. The van der Waals surface area contributed by atoms with Crippen molar-refractivity contribution in [3.05, 3.63) is 77.9 Å². The molecule has 0 saturated carbocycles. The van der Waals surface area contributed by atoms with Crippen LogP contribution in [0.15, 0.2) is 66.7 Å². The Morgan fingerprint density at radius 3 is 2.04 bits per heavy atom. The summed E-state index contributed by atoms with van der Waals surface area (Å²) in [6.45, 7) is 1.30. The fourth-order valence-electron chi connectivity index (χ4n) is 1.91. The van der Waals surface area contributed by atoms with Crippen LogP contribution in [-0.4, -0.2) is 17.9 Å². The third-order valence-corrected chi connectivity index (χ3v) is 2.94. The fourth-order valence-corrected chi connectivity index (χ4v) is 1.91. The Labute approximate surface area is 145 Å². The lowest BCUT2D eigenvalue weighted by atomic mass is 10.2. The van der Waals surface area contributed by atoms with E-state index >= 15 is 0 Å². The smallest absolute Gasteiger partial charge is 0.338 e. The van der Waals surface area contributed by atoms with Gasteiger partial charge >= 0.3 is 17.9 Å². The summed E-state index contributed by atoms with van der Waals surface area (Å²) in [7, 11) is 0. The van der Waals surface area contributed by atoms with Crippen LogP contribution in [0.4, 0.5) is 0 Å². The molecule has 2 aromatic rings. The maximum Gasteiger partial charge on any atom is 0.338 e. The second-order valence-corrected chi connectivity index (χ2v) is 4.98. The molecule has 126 valence electrons. The second-order valence-electron chi connectivity index (χ2n) is 4.98. The summed E-state index contributed by atoms with van der Waals surface area (Å²) in [6.07, 6.45) is 5.33. The van der Waals surface area contributed by atoms with Gasteiger partial charge in [0.1, 0.15) is 5.75 Å². The number of ether oxygens (including phenoxy) is 2. The summed E-state index contributed by atoms with van der Waals surface area (Å²) in [5, 5.41) is 0. The molecule has 0 aliphatic rings. The van der Waals surface area contributed by atoms with Crippen molar-refractivity contribution in [3.63, 3.8) is 0 Å². The minimum absolute atomic E-state index is 0.366. The van der Waals surface area contributed by atoms with Crippen LogP contribution in [0, 0.1) is 0 Å². The van der Waals surface area contributed by atoms with Crippen molar-refractivity contribution in [3.8, 4) is 5.75 Å². The Morgan fingerprint density at radius 2 is 1.40 bits per heavy atom. The van der Waals surface area contributed by atoms with Crippen LogP contribution in [-0.2, 0) is 19.1 Å². The SMILES string of the molecule is CC(=O)Oc1cccc(C=CC(=O)OC(=O)C=Cc2ccccc2)c1. The molecule has 0 aromatic heterocycles. The van der Waals surface area contributed by atoms with Gasteiger partial charge in [-0.1, -0.05) is 42.5 Å². The van der Waals surface area contributed by atoms with Gasteiger partial charge in [0, 0.05) is 19.1 Å². The molecule has 0 N–H and O–H groups in total. The standard InChI is InChI=1S/C20H16O5/c1-15(21)24-18-9-5-8-17(14-18)11-13-20(23)25-19(22)12-10-16-6-3-2-4-7-16/h2-14H,1H3. The van der Waals surface area contributed by atoms with Crippen molar-refractivity contribution < 1.29 is 23.9 Å². The van der Waals surface area contributed by atoms with Gasteiger partial charge in [0.05, 0.1) is 0 Å². The fraction of sp³-hybridized carbons (Fsp3) is 0.0500. The van der Waals surface area contributed by atoms with Gasteiger partial charge in [0.25, 0.3) is 0 Å². The molecule has 0 amide bonds. The molecule has 0 aliphatic carbocycles. The largest absolute Gasteiger partial charge is 0.427 e. The van der Waals surface area contributed by atoms with Gasteiger partial charge in [-0.05, 0) is 35.4 Å². The minimum Gasteiger partial charge on any atom is -0.427 e. The van der Waals surface area contributed by atoms with Crippen LogP contribution in [0.3, 0.4) is 0 Å². The Balaban J connectivity index is 1.91. The molecule has 5 nitrogen and oxygen atoms in total. The van der Waals surface area contributed by atoms with Crippen LogP contribution in [0.1, 0.15) is 18.1 Å². The van der Waals surface area contributed by atoms with Crippen molar-refractivity contribution in [2.24, 2.45) is 0 Å². The lowest BCUT2D eigenvalue weighted by molar-refractivity contribution is -0.152. The molecule has 2 aromatic carbocycles. The summed E-state index contributed by atoms with van der Waals surface area (Å²) < 4.78 is 9.60. The molecule has 0 saturated heterocycles. The van der Waals surface area contributed by atoms with E-state index in [0.717, 1.165) is 11.6 Å². The third-order valence-electron chi connectivity index (χ3n) is 2.94. The van der Waals surface area contributed by atoms with Crippen molar-refractivity contribution in [2.45, 2.75) is 6.92 Å². The van der Waals surface area contributed by atoms with Crippen LogP contribution in [0.2, 0.25) is 0 Å². The van der Waals surface area contributed by atoms with E-state index in [1.165, 1.54) is 19.1 Å². The molecule has 0 spiro atoms. The topological polar surface area (TPSA) is 69.7 Å². The zero-order valence-electron chi connectivity index (χ0n) is 13.5. The predicted molar refractivity (Wildman–Crippen MR) is 93.4 cm³/mol. The van der Waals surface area contributed by atoms with Crippen LogP contribution < -0.4 is 4.74 Å². The van der Waals surface area contributed by atoms with E-state index in [4.69, 9.17) is 4.74 Å². The first-order valence-corrected chi connectivity index (χ1v) is 7.48. The van der Waals surface area contributed by atoms with Crippen LogP contribution in [0.5, 0.6) is 5.75 Å². The van der Waals surface area contributed by atoms with E-state index < -0.39 is 17.9 Å². The normalized spacial score (nSPS) is 10.8. The molecule has 5 heteroatoms. The van der Waals surface area contributed by atoms with Gasteiger partial charge in [-0.3, -0.25) is 4.79 Å². The Bertz CT molecular complexity index is 819. The van der Waals surface area contributed by atoms with Gasteiger partial charge in [-0.2, -0.15) is 0 Å². The summed E-state index contributed by atoms with van der Waals surface area (Å²) in [5.41, 5.74) is 1.45. The average Bonchev–Trinajstić information content (AvgIpc) is 2.59. The molecule has 0 radical (unpaired) electrons. The quantitative estimate of drug-likeness (QED) is 0.362. The van der Waals surface area contributed by atoms with Gasteiger partial charge in [-0.15, -0.1) is 0 Å². The van der Waals surface area contributed by atoms with Crippen LogP contribution in [0.25, 0.3) is 12.2 Å². The molecule has 0 bridgehead atoms. The monoisotopic (exact) mass is 336 g/mol. The number of benzene rings is 2. The van der Waals surface area contributed by atoms with Gasteiger partial charge in [-0.25, -0.2) is 9.59 Å². The Morgan fingerprint density at radius 1 is 0.800 bits per heavy atom. The molecule has 0 atom stereocenters. The zero-order valence-corrected chi connectivity index (χ0v) is 13.5. The maximum atomic E-state index is 11.7. The number of rotatable bonds is 5. The molecule has 25 heavy (non-hydrogen) atoms. The highest BCUT2D eigenvalue weighted by atomic mass is 16.6. The number of hydrogen-bond donors (Lipinski definition) is 0. The van der Waals surface area contributed by atoms with Crippen LogP contribution >= 0.6 is 0 Å². The summed E-state index contributed by atoms with van der Waals surface area (Å²) in [4.78, 5) is 34.2. The predicted octanol–water partition coefficient (Wildman–Crippen LogP) is 3.41. The van der Waals surface area contributed by atoms with Gasteiger partial charge in [0.15, 0.2) is 0 Å². The number of esters is 3. The van der Waals surface area contributed by atoms with Crippen molar-refractivity contribution >= 4 is 30.1 Å². The lowest BCUT2D eigenvalue weighted by Crippen LogP contribution is -2.06. The van der Waals surface area contributed by atoms with Crippen molar-refractivity contribution in [2.75, 3.05) is 0 Å². The van der Waals surface area contributed by atoms with E-state index in [1.807, 2.05) is 30.3 Å². The summed E-state index contributed by atoms with van der Waals surface area (Å²) >= 11 is 0. The van der Waals surface area contributed by atoms with Crippen molar-refractivity contribution in [1.82, 2.24) is 0 Å². The Hall–Kier alpha value is -3.47. The molecule has 0 fully saturated rings. The third kappa shape index (κ3) is 6.66. The van der Waals surface area contributed by atoms with E-state index in [9.17, 15) is 14.4 Å². The highest BCUT2D eigenvalue weighted by Gasteiger charge is 2.04. The number of carbonyl (C=O) groups is 3. The first kappa shape index (κ1) is 17.9. The van der Waals surface area contributed by atoms with Crippen molar-refractivity contribution in [1.29, 1.82) is 0 Å². The number of hydrogen-bond acceptors (Lipinski definition) is 5. The molecule has 2 rings (SSSR count). The molecule has 0 heterocycles. The minimum atomic E-state index is -0.791. The zero-order chi connectivity index (χ0) is 18.1. The average molecular weight is 336 g/mol. The lowest BCUT2D eigenvalue weighted by Gasteiger charge is -2.01. The van der Waals surface area contributed by atoms with E-state index in [-0.39, 0.29) is 0 Å². The van der Waals surface area contributed by atoms with Gasteiger partial charge in [0.2, 0.25) is 0 Å². The molecule has 0 aliphatic heterocycles. The highest BCUT2D eigenvalue weighted by molar-refractivity contribution is 5.99. The summed E-state index contributed by atoms with van der Waals surface area (Å²) in [5.74, 6) is -1.62. The highest BCUT2D eigenvalue weighted by Crippen LogP contribution is 2.14. The first-order valence-electron chi connectivity index (χ1n) is 7.48. The van der Waals surface area contributed by atoms with E-state index in [0.29, 0.717) is 11.3 Å². The first-order chi connectivity index (χ1) is 12.0. The number of carbonyl (C=O) groups excluding carboxylic acids is 3. The van der Waals surface area contributed by atoms with E-state index in [2.05, 4.69) is 4.74 Å².